The first-order chi connectivity index (χ1) is 7.89. The number of piperidine rings is 1. The fraction of sp³-hybridized carbons (Fsp3) is 1.00. The number of hydrogen-bond donors (Lipinski definition) is 1. The third-order valence-corrected chi connectivity index (χ3v) is 5.46. The lowest BCUT2D eigenvalue weighted by atomic mass is 9.91. The zero-order chi connectivity index (χ0) is 13.1. The maximum atomic E-state index is 11.9. The van der Waals surface area contributed by atoms with Crippen molar-refractivity contribution in [3.63, 3.8) is 0 Å². The molecule has 1 aliphatic rings. The third-order valence-electron chi connectivity index (χ3n) is 3.52. The second-order valence-corrected chi connectivity index (χ2v) is 7.02. The van der Waals surface area contributed by atoms with Crippen LogP contribution in [0, 0.1) is 5.92 Å². The Bertz CT molecular complexity index is 322. The minimum Gasteiger partial charge on any atom is -0.314 e. The summed E-state index contributed by atoms with van der Waals surface area (Å²) < 4.78 is 26.7. The van der Waals surface area contributed by atoms with Crippen LogP contribution in [0.1, 0.15) is 26.7 Å². The summed E-state index contributed by atoms with van der Waals surface area (Å²) in [5.41, 5.74) is 0. The van der Waals surface area contributed by atoms with E-state index in [4.69, 9.17) is 0 Å². The lowest BCUT2D eigenvalue weighted by molar-refractivity contribution is 0.226. The molecule has 1 unspecified atom stereocenters. The fourth-order valence-electron chi connectivity index (χ4n) is 2.33. The Morgan fingerprint density at radius 3 is 2.29 bits per heavy atom. The maximum absolute atomic E-state index is 11.9. The zero-order valence-corrected chi connectivity index (χ0v) is 12.1. The van der Waals surface area contributed by atoms with E-state index in [1.165, 1.54) is 4.31 Å². The molecule has 102 valence electrons. The molecule has 1 fully saturated rings. The van der Waals surface area contributed by atoms with E-state index < -0.39 is 10.2 Å². The molecule has 0 amide bonds. The van der Waals surface area contributed by atoms with Crippen molar-refractivity contribution in [3.8, 4) is 0 Å². The van der Waals surface area contributed by atoms with Crippen LogP contribution < -0.4 is 5.32 Å². The van der Waals surface area contributed by atoms with Crippen LogP contribution in [0.25, 0.3) is 0 Å². The molecule has 5 nitrogen and oxygen atoms in total. The molecule has 1 atom stereocenters. The Kier molecular flexibility index (Phi) is 5.37. The van der Waals surface area contributed by atoms with E-state index in [0.29, 0.717) is 25.0 Å². The van der Waals surface area contributed by atoms with E-state index in [-0.39, 0.29) is 0 Å². The van der Waals surface area contributed by atoms with E-state index in [9.17, 15) is 8.42 Å². The second kappa shape index (κ2) is 6.13. The first kappa shape index (κ1) is 14.9. The summed E-state index contributed by atoms with van der Waals surface area (Å²) in [5, 5.41) is 3.41. The molecule has 6 heteroatoms. The Morgan fingerprint density at radius 2 is 1.88 bits per heavy atom. The highest BCUT2D eigenvalue weighted by molar-refractivity contribution is 7.86. The molecule has 0 spiro atoms. The topological polar surface area (TPSA) is 52.7 Å². The molecule has 1 N–H and O–H groups in total. The Balaban J connectivity index is 2.51. The number of rotatable bonds is 5. The average molecular weight is 263 g/mol. The minimum absolute atomic E-state index is 0.476. The van der Waals surface area contributed by atoms with E-state index in [1.807, 2.05) is 0 Å². The van der Waals surface area contributed by atoms with Crippen molar-refractivity contribution < 1.29 is 8.42 Å². The van der Waals surface area contributed by atoms with Crippen LogP contribution in [0.5, 0.6) is 0 Å². The molecule has 1 aliphatic heterocycles. The molecule has 17 heavy (non-hydrogen) atoms. The van der Waals surface area contributed by atoms with E-state index in [1.54, 1.807) is 18.4 Å². The molecular weight excluding hydrogens is 238 g/mol. The van der Waals surface area contributed by atoms with Crippen LogP contribution in [0.2, 0.25) is 0 Å². The van der Waals surface area contributed by atoms with E-state index >= 15 is 0 Å². The summed E-state index contributed by atoms with van der Waals surface area (Å²) in [6.45, 7) is 6.53. The predicted molar refractivity (Wildman–Crippen MR) is 70.0 cm³/mol. The Labute approximate surface area is 105 Å². The van der Waals surface area contributed by atoms with E-state index in [2.05, 4.69) is 19.2 Å². The van der Waals surface area contributed by atoms with Gasteiger partial charge in [-0.3, -0.25) is 0 Å². The first-order valence-corrected chi connectivity index (χ1v) is 7.70. The second-order valence-electron chi connectivity index (χ2n) is 4.87. The van der Waals surface area contributed by atoms with Crippen LogP contribution in [0.15, 0.2) is 0 Å². The van der Waals surface area contributed by atoms with Gasteiger partial charge in [-0.1, -0.05) is 6.92 Å². The van der Waals surface area contributed by atoms with Crippen LogP contribution in [0.3, 0.4) is 0 Å². The normalized spacial score (nSPS) is 21.9. The van der Waals surface area contributed by atoms with Gasteiger partial charge in [0.25, 0.3) is 10.2 Å². The molecule has 0 bridgehead atoms. The summed E-state index contributed by atoms with van der Waals surface area (Å²) in [6, 6.07) is 0.476. The van der Waals surface area contributed by atoms with Crippen molar-refractivity contribution >= 4 is 10.2 Å². The predicted octanol–water partition coefficient (Wildman–Crippen LogP) is 0.503. The van der Waals surface area contributed by atoms with Crippen molar-refractivity contribution in [3.05, 3.63) is 0 Å². The summed E-state index contributed by atoms with van der Waals surface area (Å²) in [4.78, 5) is 0. The summed E-state index contributed by atoms with van der Waals surface area (Å²) in [5.74, 6) is 0.587. The van der Waals surface area contributed by atoms with Crippen LogP contribution in [-0.4, -0.2) is 56.8 Å². The molecule has 0 aliphatic carbocycles. The van der Waals surface area contributed by atoms with Gasteiger partial charge in [0, 0.05) is 33.2 Å². The van der Waals surface area contributed by atoms with Crippen LogP contribution in [0.4, 0.5) is 0 Å². The minimum atomic E-state index is -3.22. The van der Waals surface area contributed by atoms with Crippen molar-refractivity contribution in [2.24, 2.45) is 5.92 Å². The van der Waals surface area contributed by atoms with E-state index in [0.717, 1.165) is 19.4 Å². The molecule has 1 rings (SSSR count). The summed E-state index contributed by atoms with van der Waals surface area (Å²) in [7, 11) is -0.0431. The quantitative estimate of drug-likeness (QED) is 0.786. The van der Waals surface area contributed by atoms with Gasteiger partial charge >= 0.3 is 0 Å². The molecule has 0 aromatic heterocycles. The number of nitrogens with zero attached hydrogens (tertiary/aromatic N) is 2. The van der Waals surface area contributed by atoms with Crippen molar-refractivity contribution in [2.45, 2.75) is 32.7 Å². The van der Waals surface area contributed by atoms with Crippen molar-refractivity contribution in [1.82, 2.24) is 13.9 Å². The fourth-order valence-corrected chi connectivity index (χ4v) is 3.46. The standard InChI is InChI=1S/C11H25N3O2S/c1-5-12-10(2)11-6-8-14(9-7-11)17(15,16)13(3)4/h10-12H,5-9H2,1-4H3. The maximum Gasteiger partial charge on any atom is 0.281 e. The van der Waals surface area contributed by atoms with Gasteiger partial charge in [0.1, 0.15) is 0 Å². The zero-order valence-electron chi connectivity index (χ0n) is 11.3. The molecule has 0 aromatic carbocycles. The highest BCUT2D eigenvalue weighted by Crippen LogP contribution is 2.23. The van der Waals surface area contributed by atoms with Crippen LogP contribution in [-0.2, 0) is 10.2 Å². The SMILES string of the molecule is CCNC(C)C1CCN(S(=O)(=O)N(C)C)CC1. The van der Waals surface area contributed by atoms with Gasteiger partial charge in [0.15, 0.2) is 0 Å². The average Bonchev–Trinajstić information content (AvgIpc) is 2.29. The highest BCUT2D eigenvalue weighted by atomic mass is 32.2. The number of nitrogens with one attached hydrogen (secondary N) is 1. The molecular formula is C11H25N3O2S. The number of hydrogen-bond acceptors (Lipinski definition) is 3. The van der Waals surface area contributed by atoms with Gasteiger partial charge in [0.05, 0.1) is 0 Å². The van der Waals surface area contributed by atoms with Gasteiger partial charge < -0.3 is 5.32 Å². The lowest BCUT2D eigenvalue weighted by Crippen LogP contribution is -2.47. The van der Waals surface area contributed by atoms with Crippen molar-refractivity contribution in [1.29, 1.82) is 0 Å². The Hall–Kier alpha value is -0.170. The third kappa shape index (κ3) is 3.64. The molecule has 0 saturated carbocycles. The first-order valence-electron chi connectivity index (χ1n) is 6.30. The summed E-state index contributed by atoms with van der Waals surface area (Å²) >= 11 is 0. The smallest absolute Gasteiger partial charge is 0.281 e. The highest BCUT2D eigenvalue weighted by Gasteiger charge is 2.31. The summed E-state index contributed by atoms with van der Waals surface area (Å²) in [6.07, 6.45) is 1.89. The van der Waals surface area contributed by atoms with Crippen LogP contribution >= 0.6 is 0 Å². The van der Waals surface area contributed by atoms with Gasteiger partial charge in [-0.05, 0) is 32.2 Å². The molecule has 1 heterocycles. The lowest BCUT2D eigenvalue weighted by Gasteiger charge is -2.35. The van der Waals surface area contributed by atoms with Gasteiger partial charge in [-0.15, -0.1) is 0 Å². The van der Waals surface area contributed by atoms with Gasteiger partial charge in [0.2, 0.25) is 0 Å². The van der Waals surface area contributed by atoms with Gasteiger partial charge in [-0.25, -0.2) is 0 Å². The molecule has 1 saturated heterocycles. The van der Waals surface area contributed by atoms with Gasteiger partial charge in [-0.2, -0.15) is 17.0 Å². The largest absolute Gasteiger partial charge is 0.314 e. The molecule has 0 aromatic rings. The molecule has 0 radical (unpaired) electrons. The van der Waals surface area contributed by atoms with Crippen molar-refractivity contribution in [2.75, 3.05) is 33.7 Å². The Morgan fingerprint density at radius 1 is 1.35 bits per heavy atom. The monoisotopic (exact) mass is 263 g/mol.